The summed E-state index contributed by atoms with van der Waals surface area (Å²) in [7, 11) is 0. The molecular formula is C14H14N2O. The molecule has 0 spiro atoms. The summed E-state index contributed by atoms with van der Waals surface area (Å²) >= 11 is 0. The Morgan fingerprint density at radius 2 is 1.82 bits per heavy atom. The molecule has 1 heterocycles. The Bertz CT molecular complexity index is 535. The molecule has 0 aliphatic rings. The summed E-state index contributed by atoms with van der Waals surface area (Å²) < 4.78 is 0. The van der Waals surface area contributed by atoms with Crippen molar-refractivity contribution in [2.75, 3.05) is 0 Å². The van der Waals surface area contributed by atoms with E-state index in [1.165, 1.54) is 17.5 Å². The van der Waals surface area contributed by atoms with Gasteiger partial charge in [-0.3, -0.25) is 4.79 Å². The number of aromatic nitrogens is 2. The van der Waals surface area contributed by atoms with Crippen molar-refractivity contribution in [1.82, 2.24) is 9.97 Å². The summed E-state index contributed by atoms with van der Waals surface area (Å²) in [5, 5.41) is 0. The zero-order valence-corrected chi connectivity index (χ0v) is 9.97. The third-order valence-corrected chi connectivity index (χ3v) is 2.82. The molecule has 2 aromatic rings. The fourth-order valence-electron chi connectivity index (χ4n) is 1.64. The quantitative estimate of drug-likeness (QED) is 0.755. The monoisotopic (exact) mass is 226 g/mol. The van der Waals surface area contributed by atoms with Crippen LogP contribution in [0.15, 0.2) is 36.9 Å². The van der Waals surface area contributed by atoms with Gasteiger partial charge >= 0.3 is 0 Å². The molecule has 0 saturated carbocycles. The van der Waals surface area contributed by atoms with E-state index in [2.05, 4.69) is 29.9 Å². The van der Waals surface area contributed by atoms with Crippen molar-refractivity contribution in [3.05, 3.63) is 59.2 Å². The van der Waals surface area contributed by atoms with E-state index in [4.69, 9.17) is 0 Å². The van der Waals surface area contributed by atoms with Gasteiger partial charge in [0, 0.05) is 18.8 Å². The van der Waals surface area contributed by atoms with Gasteiger partial charge in [0.25, 0.3) is 0 Å². The van der Waals surface area contributed by atoms with E-state index in [9.17, 15) is 4.79 Å². The second kappa shape index (κ2) is 4.87. The van der Waals surface area contributed by atoms with Gasteiger partial charge in [-0.2, -0.15) is 0 Å². The highest BCUT2D eigenvalue weighted by Crippen LogP contribution is 2.12. The van der Waals surface area contributed by atoms with Gasteiger partial charge in [0.2, 0.25) is 0 Å². The molecule has 0 aliphatic carbocycles. The van der Waals surface area contributed by atoms with Crippen molar-refractivity contribution in [2.24, 2.45) is 0 Å². The van der Waals surface area contributed by atoms with Gasteiger partial charge in [0.05, 0.1) is 5.56 Å². The summed E-state index contributed by atoms with van der Waals surface area (Å²) in [4.78, 5) is 19.6. The van der Waals surface area contributed by atoms with Crippen LogP contribution in [0.3, 0.4) is 0 Å². The first kappa shape index (κ1) is 11.5. The fraction of sp³-hybridized carbons (Fsp3) is 0.214. The van der Waals surface area contributed by atoms with Crippen molar-refractivity contribution < 1.29 is 4.79 Å². The molecular weight excluding hydrogens is 212 g/mol. The number of ketones is 1. The van der Waals surface area contributed by atoms with Crippen molar-refractivity contribution in [3.8, 4) is 0 Å². The Morgan fingerprint density at radius 3 is 2.47 bits per heavy atom. The molecule has 0 radical (unpaired) electrons. The maximum absolute atomic E-state index is 11.9. The molecule has 1 aromatic heterocycles. The second-order valence-corrected chi connectivity index (χ2v) is 4.15. The van der Waals surface area contributed by atoms with Crippen molar-refractivity contribution >= 4 is 5.78 Å². The van der Waals surface area contributed by atoms with Crippen molar-refractivity contribution in [1.29, 1.82) is 0 Å². The van der Waals surface area contributed by atoms with Gasteiger partial charge in [-0.15, -0.1) is 0 Å². The molecule has 0 fully saturated rings. The highest BCUT2D eigenvalue weighted by atomic mass is 16.1. The topological polar surface area (TPSA) is 42.9 Å². The minimum atomic E-state index is 0.0499. The minimum absolute atomic E-state index is 0.0499. The number of nitrogens with zero attached hydrogens (tertiary/aromatic N) is 2. The van der Waals surface area contributed by atoms with Crippen LogP contribution in [0.4, 0.5) is 0 Å². The Labute approximate surface area is 101 Å². The number of carbonyl (C=O) groups excluding carboxylic acids is 1. The van der Waals surface area contributed by atoms with E-state index in [-0.39, 0.29) is 5.78 Å². The van der Waals surface area contributed by atoms with Crippen LogP contribution in [0.5, 0.6) is 0 Å². The zero-order valence-electron chi connectivity index (χ0n) is 9.97. The molecule has 3 heteroatoms. The average Bonchev–Trinajstić information content (AvgIpc) is 2.35. The third-order valence-electron chi connectivity index (χ3n) is 2.82. The van der Waals surface area contributed by atoms with E-state index in [0.29, 0.717) is 12.0 Å². The lowest BCUT2D eigenvalue weighted by Gasteiger charge is -2.04. The summed E-state index contributed by atoms with van der Waals surface area (Å²) in [6.45, 7) is 4.11. The minimum Gasteiger partial charge on any atom is -0.294 e. The lowest BCUT2D eigenvalue weighted by atomic mass is 10.0. The van der Waals surface area contributed by atoms with Crippen molar-refractivity contribution in [3.63, 3.8) is 0 Å². The highest BCUT2D eigenvalue weighted by Gasteiger charge is 2.07. The first-order valence-corrected chi connectivity index (χ1v) is 5.51. The van der Waals surface area contributed by atoms with Crippen LogP contribution >= 0.6 is 0 Å². The van der Waals surface area contributed by atoms with Crippen LogP contribution in [0.1, 0.15) is 27.0 Å². The molecule has 0 amide bonds. The van der Waals surface area contributed by atoms with Crippen LogP contribution < -0.4 is 0 Å². The molecule has 17 heavy (non-hydrogen) atoms. The van der Waals surface area contributed by atoms with Crippen LogP contribution in [-0.4, -0.2) is 15.8 Å². The lowest BCUT2D eigenvalue weighted by Crippen LogP contribution is -2.04. The molecule has 0 N–H and O–H groups in total. The van der Waals surface area contributed by atoms with Gasteiger partial charge in [-0.05, 0) is 30.5 Å². The zero-order chi connectivity index (χ0) is 12.3. The van der Waals surface area contributed by atoms with Gasteiger partial charge in [-0.25, -0.2) is 9.97 Å². The van der Waals surface area contributed by atoms with E-state index in [1.54, 1.807) is 12.4 Å². The molecule has 2 rings (SSSR count). The smallest absolute Gasteiger partial charge is 0.170 e. The van der Waals surface area contributed by atoms with Gasteiger partial charge in [0.1, 0.15) is 6.33 Å². The Kier molecular flexibility index (Phi) is 3.28. The first-order chi connectivity index (χ1) is 8.16. The molecule has 0 atom stereocenters. The number of aryl methyl sites for hydroxylation is 2. The van der Waals surface area contributed by atoms with Crippen LogP contribution in [0.2, 0.25) is 0 Å². The number of benzene rings is 1. The number of hydrogen-bond donors (Lipinski definition) is 0. The van der Waals surface area contributed by atoms with Crippen LogP contribution in [-0.2, 0) is 6.42 Å². The third kappa shape index (κ3) is 2.75. The van der Waals surface area contributed by atoms with E-state index >= 15 is 0 Å². The van der Waals surface area contributed by atoms with E-state index < -0.39 is 0 Å². The van der Waals surface area contributed by atoms with Gasteiger partial charge in [0.15, 0.2) is 5.78 Å². The predicted molar refractivity (Wildman–Crippen MR) is 66.0 cm³/mol. The van der Waals surface area contributed by atoms with Crippen molar-refractivity contribution in [2.45, 2.75) is 20.3 Å². The van der Waals surface area contributed by atoms with E-state index in [1.807, 2.05) is 12.1 Å². The van der Waals surface area contributed by atoms with Crippen LogP contribution in [0, 0.1) is 13.8 Å². The molecule has 1 aromatic carbocycles. The van der Waals surface area contributed by atoms with Crippen LogP contribution in [0.25, 0.3) is 0 Å². The Morgan fingerprint density at radius 1 is 1.12 bits per heavy atom. The summed E-state index contributed by atoms with van der Waals surface area (Å²) in [5.74, 6) is 0.0499. The second-order valence-electron chi connectivity index (χ2n) is 4.15. The molecule has 0 aliphatic heterocycles. The summed E-state index contributed by atoms with van der Waals surface area (Å²) in [5.41, 5.74) is 4.04. The average molecular weight is 226 g/mol. The predicted octanol–water partition coefficient (Wildman–Crippen LogP) is 2.52. The normalized spacial score (nSPS) is 10.2. The van der Waals surface area contributed by atoms with Gasteiger partial charge < -0.3 is 0 Å². The molecule has 0 saturated heterocycles. The fourth-order valence-corrected chi connectivity index (χ4v) is 1.64. The number of carbonyl (C=O) groups is 1. The summed E-state index contributed by atoms with van der Waals surface area (Å²) in [6.07, 6.45) is 4.92. The standard InChI is InChI=1S/C14H14N2O/c1-10-3-4-12(5-11(10)2)6-14(17)13-7-15-9-16-8-13/h3-5,7-9H,6H2,1-2H3. The lowest BCUT2D eigenvalue weighted by molar-refractivity contribution is 0.0992. The van der Waals surface area contributed by atoms with E-state index in [0.717, 1.165) is 5.56 Å². The Balaban J connectivity index is 2.16. The Hall–Kier alpha value is -2.03. The first-order valence-electron chi connectivity index (χ1n) is 5.51. The maximum Gasteiger partial charge on any atom is 0.170 e. The SMILES string of the molecule is Cc1ccc(CC(=O)c2cncnc2)cc1C. The summed E-state index contributed by atoms with van der Waals surface area (Å²) in [6, 6.07) is 6.08. The number of rotatable bonds is 3. The maximum atomic E-state index is 11.9. The number of hydrogen-bond acceptors (Lipinski definition) is 3. The highest BCUT2D eigenvalue weighted by molar-refractivity contribution is 5.96. The molecule has 86 valence electrons. The largest absolute Gasteiger partial charge is 0.294 e. The number of Topliss-reactive ketones (excluding diaryl/α,β-unsaturated/α-hetero) is 1. The molecule has 3 nitrogen and oxygen atoms in total. The molecule has 0 bridgehead atoms. The van der Waals surface area contributed by atoms with Gasteiger partial charge in [-0.1, -0.05) is 18.2 Å². The molecule has 0 unspecified atom stereocenters.